The number of nitro groups is 1. The fourth-order valence-electron chi connectivity index (χ4n) is 2.97. The minimum absolute atomic E-state index is 0.151. The normalized spacial score (nSPS) is 21.5. The summed E-state index contributed by atoms with van der Waals surface area (Å²) in [5, 5.41) is 15.3. The summed E-state index contributed by atoms with van der Waals surface area (Å²) in [6, 6.07) is 5.26. The molecule has 6 heteroatoms. The Bertz CT molecular complexity index is 528. The van der Waals surface area contributed by atoms with Crippen LogP contribution >= 0.6 is 11.6 Å². The van der Waals surface area contributed by atoms with Crippen molar-refractivity contribution in [1.82, 2.24) is 5.32 Å². The van der Waals surface area contributed by atoms with E-state index in [0.29, 0.717) is 22.7 Å². The molecule has 0 amide bonds. The van der Waals surface area contributed by atoms with Crippen molar-refractivity contribution in [3.63, 3.8) is 0 Å². The van der Waals surface area contributed by atoms with Gasteiger partial charge >= 0.3 is 0 Å². The number of anilines is 1. The molecule has 114 valence electrons. The number of halogens is 1. The van der Waals surface area contributed by atoms with E-state index in [4.69, 9.17) is 11.6 Å². The highest BCUT2D eigenvalue weighted by Gasteiger charge is 2.30. The first-order chi connectivity index (χ1) is 10.1. The van der Waals surface area contributed by atoms with Crippen LogP contribution in [0.4, 0.5) is 11.4 Å². The minimum atomic E-state index is -0.312. The van der Waals surface area contributed by atoms with Crippen molar-refractivity contribution in [2.45, 2.75) is 31.7 Å². The number of nitro benzene ring substituents is 1. The third-order valence-electron chi connectivity index (χ3n) is 4.25. The van der Waals surface area contributed by atoms with E-state index < -0.39 is 0 Å². The fourth-order valence-corrected chi connectivity index (χ4v) is 3.13. The van der Waals surface area contributed by atoms with Gasteiger partial charge in [0.15, 0.2) is 0 Å². The quantitative estimate of drug-likeness (QED) is 0.647. The molecule has 2 fully saturated rings. The third kappa shape index (κ3) is 3.66. The molecule has 1 heterocycles. The van der Waals surface area contributed by atoms with Gasteiger partial charge in [-0.25, -0.2) is 0 Å². The Labute approximate surface area is 129 Å². The highest BCUT2D eigenvalue weighted by atomic mass is 35.5. The topological polar surface area (TPSA) is 58.4 Å². The van der Waals surface area contributed by atoms with Crippen LogP contribution in [-0.2, 0) is 0 Å². The predicted molar refractivity (Wildman–Crippen MR) is 84.1 cm³/mol. The maximum Gasteiger partial charge on any atom is 0.292 e. The van der Waals surface area contributed by atoms with Crippen LogP contribution in [0, 0.1) is 16.0 Å². The average Bonchev–Trinajstić information content (AvgIpc) is 3.11. The second kappa shape index (κ2) is 6.20. The first kappa shape index (κ1) is 14.6. The lowest BCUT2D eigenvalue weighted by Crippen LogP contribution is -2.39. The highest BCUT2D eigenvalue weighted by molar-refractivity contribution is 6.31. The van der Waals surface area contributed by atoms with Crippen molar-refractivity contribution < 1.29 is 4.92 Å². The summed E-state index contributed by atoms with van der Waals surface area (Å²) >= 11 is 6.07. The molecule has 1 aliphatic heterocycles. The molecule has 1 saturated heterocycles. The van der Waals surface area contributed by atoms with Crippen LogP contribution in [0.2, 0.25) is 5.02 Å². The van der Waals surface area contributed by atoms with Gasteiger partial charge in [-0.3, -0.25) is 10.1 Å². The third-order valence-corrected chi connectivity index (χ3v) is 4.49. The van der Waals surface area contributed by atoms with Crippen LogP contribution < -0.4 is 10.2 Å². The molecular formula is C15H20ClN3O2. The van der Waals surface area contributed by atoms with E-state index in [1.807, 2.05) is 0 Å². The standard InChI is InChI=1S/C15H20ClN3O2/c16-12-5-6-14(19(20)21)15(8-12)18(9-11-3-4-11)10-13-2-1-7-17-13/h5-6,8,11,13,17H,1-4,7,9-10H2. The van der Waals surface area contributed by atoms with Gasteiger partial charge < -0.3 is 10.2 Å². The summed E-state index contributed by atoms with van der Waals surface area (Å²) in [6.07, 6.45) is 4.76. The summed E-state index contributed by atoms with van der Waals surface area (Å²) in [5.41, 5.74) is 0.811. The zero-order valence-corrected chi connectivity index (χ0v) is 12.7. The number of nitrogens with one attached hydrogen (secondary N) is 1. The predicted octanol–water partition coefficient (Wildman–Crippen LogP) is 3.22. The Hall–Kier alpha value is -1.33. The molecule has 0 spiro atoms. The second-order valence-electron chi connectivity index (χ2n) is 6.03. The van der Waals surface area contributed by atoms with Crippen LogP contribution in [-0.4, -0.2) is 30.6 Å². The van der Waals surface area contributed by atoms with Gasteiger partial charge in [0.2, 0.25) is 0 Å². The number of nitrogens with zero attached hydrogens (tertiary/aromatic N) is 2. The number of hydrogen-bond acceptors (Lipinski definition) is 4. The van der Waals surface area contributed by atoms with Crippen molar-refractivity contribution in [1.29, 1.82) is 0 Å². The summed E-state index contributed by atoms with van der Waals surface area (Å²) < 4.78 is 0. The van der Waals surface area contributed by atoms with Gasteiger partial charge in [-0.05, 0) is 50.3 Å². The molecule has 0 bridgehead atoms. The SMILES string of the molecule is O=[N+]([O-])c1ccc(Cl)cc1N(CC1CC1)CC1CCCN1. The Balaban J connectivity index is 1.86. The molecule has 1 atom stereocenters. The zero-order valence-electron chi connectivity index (χ0n) is 11.9. The molecule has 0 aromatic heterocycles. The van der Waals surface area contributed by atoms with Crippen molar-refractivity contribution in [2.75, 3.05) is 24.5 Å². The number of rotatable bonds is 6. The molecule has 1 aromatic carbocycles. The van der Waals surface area contributed by atoms with Gasteiger partial charge in [0.25, 0.3) is 5.69 Å². The summed E-state index contributed by atoms with van der Waals surface area (Å²) in [6.45, 7) is 2.75. The molecule has 1 saturated carbocycles. The lowest BCUT2D eigenvalue weighted by atomic mass is 10.1. The summed E-state index contributed by atoms with van der Waals surface area (Å²) in [5.74, 6) is 0.671. The van der Waals surface area contributed by atoms with Crippen LogP contribution in [0.1, 0.15) is 25.7 Å². The van der Waals surface area contributed by atoms with E-state index in [9.17, 15) is 10.1 Å². The first-order valence-corrected chi connectivity index (χ1v) is 7.93. The maximum atomic E-state index is 11.3. The molecule has 2 aliphatic rings. The Morgan fingerprint density at radius 2 is 2.14 bits per heavy atom. The molecule has 0 radical (unpaired) electrons. The van der Waals surface area contributed by atoms with Crippen LogP contribution in [0.15, 0.2) is 18.2 Å². The number of hydrogen-bond donors (Lipinski definition) is 1. The lowest BCUT2D eigenvalue weighted by molar-refractivity contribution is -0.384. The molecule has 1 aromatic rings. The molecule has 1 N–H and O–H groups in total. The van der Waals surface area contributed by atoms with Gasteiger partial charge in [0.1, 0.15) is 5.69 Å². The Morgan fingerprint density at radius 1 is 1.33 bits per heavy atom. The average molecular weight is 310 g/mol. The van der Waals surface area contributed by atoms with E-state index in [1.54, 1.807) is 12.1 Å². The van der Waals surface area contributed by atoms with E-state index in [-0.39, 0.29) is 10.6 Å². The van der Waals surface area contributed by atoms with Gasteiger partial charge in [0.05, 0.1) is 4.92 Å². The first-order valence-electron chi connectivity index (χ1n) is 7.56. The van der Waals surface area contributed by atoms with E-state index >= 15 is 0 Å². The van der Waals surface area contributed by atoms with Crippen molar-refractivity contribution in [3.05, 3.63) is 33.3 Å². The number of benzene rings is 1. The van der Waals surface area contributed by atoms with Crippen LogP contribution in [0.25, 0.3) is 0 Å². The zero-order chi connectivity index (χ0) is 14.8. The van der Waals surface area contributed by atoms with Gasteiger partial charge in [-0.2, -0.15) is 0 Å². The molecule has 5 nitrogen and oxygen atoms in total. The smallest absolute Gasteiger partial charge is 0.292 e. The molecule has 21 heavy (non-hydrogen) atoms. The molecular weight excluding hydrogens is 290 g/mol. The summed E-state index contributed by atoms with van der Waals surface area (Å²) in [7, 11) is 0. The molecule has 3 rings (SSSR count). The monoisotopic (exact) mass is 309 g/mol. The Morgan fingerprint density at radius 3 is 2.76 bits per heavy atom. The van der Waals surface area contributed by atoms with Crippen LogP contribution in [0.5, 0.6) is 0 Å². The van der Waals surface area contributed by atoms with Crippen molar-refractivity contribution >= 4 is 23.0 Å². The molecule has 1 aliphatic carbocycles. The maximum absolute atomic E-state index is 11.3. The van der Waals surface area contributed by atoms with E-state index in [2.05, 4.69) is 10.2 Å². The lowest BCUT2D eigenvalue weighted by Gasteiger charge is -2.27. The summed E-state index contributed by atoms with van der Waals surface area (Å²) in [4.78, 5) is 13.1. The van der Waals surface area contributed by atoms with E-state index in [0.717, 1.165) is 26.1 Å². The van der Waals surface area contributed by atoms with Gasteiger partial charge in [-0.1, -0.05) is 11.6 Å². The van der Waals surface area contributed by atoms with Gasteiger partial charge in [-0.15, -0.1) is 0 Å². The molecule has 1 unspecified atom stereocenters. The van der Waals surface area contributed by atoms with Crippen molar-refractivity contribution in [2.24, 2.45) is 5.92 Å². The van der Waals surface area contributed by atoms with Gasteiger partial charge in [0, 0.05) is 30.2 Å². The van der Waals surface area contributed by atoms with Crippen LogP contribution in [0.3, 0.4) is 0 Å². The second-order valence-corrected chi connectivity index (χ2v) is 6.47. The van der Waals surface area contributed by atoms with Crippen molar-refractivity contribution in [3.8, 4) is 0 Å². The van der Waals surface area contributed by atoms with E-state index in [1.165, 1.54) is 25.3 Å². The largest absolute Gasteiger partial charge is 0.364 e. The highest BCUT2D eigenvalue weighted by Crippen LogP contribution is 2.36. The minimum Gasteiger partial charge on any atom is -0.364 e. The fraction of sp³-hybridized carbons (Fsp3) is 0.600. The Kier molecular flexibility index (Phi) is 4.31.